The van der Waals surface area contributed by atoms with Gasteiger partial charge in [0.15, 0.2) is 0 Å². The highest BCUT2D eigenvalue weighted by Crippen LogP contribution is 2.49. The van der Waals surface area contributed by atoms with Crippen LogP contribution in [0.2, 0.25) is 0 Å². The number of nitrogens with one attached hydrogen (secondary N) is 1. The van der Waals surface area contributed by atoms with Gasteiger partial charge < -0.3 is 10.2 Å². The summed E-state index contributed by atoms with van der Waals surface area (Å²) in [6.45, 7) is 2.24. The number of nitrogens with zero attached hydrogens (tertiary/aromatic N) is 1. The van der Waals surface area contributed by atoms with Crippen LogP contribution in [-0.2, 0) is 0 Å². The third-order valence-electron chi connectivity index (χ3n) is 9.34. The van der Waals surface area contributed by atoms with Crippen molar-refractivity contribution in [2.45, 2.75) is 19.5 Å². The summed E-state index contributed by atoms with van der Waals surface area (Å²) in [5, 5.41) is 8.89. The average molecular weight is 551 g/mol. The molecular weight excluding hydrogens is 520 g/mol. The largest absolute Gasteiger partial charge is 0.363 e. The van der Waals surface area contributed by atoms with E-state index in [1.54, 1.807) is 0 Å². The van der Waals surface area contributed by atoms with Crippen LogP contribution in [0.15, 0.2) is 140 Å². The van der Waals surface area contributed by atoms with E-state index in [9.17, 15) is 0 Å². The molecule has 2 heteroatoms. The molecule has 0 fully saturated rings. The van der Waals surface area contributed by atoms with E-state index >= 15 is 0 Å². The van der Waals surface area contributed by atoms with Crippen molar-refractivity contribution in [3.63, 3.8) is 0 Å². The monoisotopic (exact) mass is 550 g/mol. The summed E-state index contributed by atoms with van der Waals surface area (Å²) in [5.41, 5.74) is 14.0. The van der Waals surface area contributed by atoms with Crippen LogP contribution in [0.5, 0.6) is 0 Å². The minimum Gasteiger partial charge on any atom is -0.363 e. The summed E-state index contributed by atoms with van der Waals surface area (Å²) in [7, 11) is 0. The van der Waals surface area contributed by atoms with Gasteiger partial charge in [-0.05, 0) is 109 Å². The Balaban J connectivity index is 1.09. The molecule has 0 spiro atoms. The van der Waals surface area contributed by atoms with Gasteiger partial charge in [-0.3, -0.25) is 0 Å². The highest BCUT2D eigenvalue weighted by molar-refractivity contribution is 6.18. The molecule has 0 radical (unpaired) electrons. The fraction of sp³-hybridized carbons (Fsp3) is 0.0732. The number of anilines is 3. The molecule has 43 heavy (non-hydrogen) atoms. The first-order chi connectivity index (χ1) is 21.3. The number of benzene rings is 7. The summed E-state index contributed by atoms with van der Waals surface area (Å²) >= 11 is 0. The van der Waals surface area contributed by atoms with E-state index in [-0.39, 0.29) is 6.17 Å². The average Bonchev–Trinajstić information content (AvgIpc) is 3.61. The van der Waals surface area contributed by atoms with Crippen LogP contribution < -0.4 is 10.2 Å². The van der Waals surface area contributed by atoms with Crippen LogP contribution in [0.3, 0.4) is 0 Å². The van der Waals surface area contributed by atoms with Crippen molar-refractivity contribution in [3.8, 4) is 44.5 Å². The first kappa shape index (κ1) is 24.3. The molecule has 0 saturated heterocycles. The summed E-state index contributed by atoms with van der Waals surface area (Å²) in [4.78, 5) is 2.43. The van der Waals surface area contributed by atoms with Crippen molar-refractivity contribution in [1.82, 2.24) is 0 Å². The van der Waals surface area contributed by atoms with Gasteiger partial charge in [0.05, 0.1) is 11.4 Å². The van der Waals surface area contributed by atoms with Crippen molar-refractivity contribution >= 4 is 38.6 Å². The van der Waals surface area contributed by atoms with Gasteiger partial charge in [-0.15, -0.1) is 0 Å². The van der Waals surface area contributed by atoms with Gasteiger partial charge in [0.2, 0.25) is 0 Å². The van der Waals surface area contributed by atoms with Crippen molar-refractivity contribution in [2.75, 3.05) is 10.2 Å². The molecule has 0 saturated carbocycles. The third-order valence-corrected chi connectivity index (χ3v) is 9.34. The van der Waals surface area contributed by atoms with E-state index in [0.717, 1.165) is 6.42 Å². The van der Waals surface area contributed by atoms with Crippen LogP contribution in [0.4, 0.5) is 17.1 Å². The summed E-state index contributed by atoms with van der Waals surface area (Å²) in [5.74, 6) is 0. The van der Waals surface area contributed by atoms with Crippen LogP contribution in [-0.4, -0.2) is 6.17 Å². The van der Waals surface area contributed by atoms with Crippen molar-refractivity contribution < 1.29 is 0 Å². The predicted molar refractivity (Wildman–Crippen MR) is 183 cm³/mol. The standard InChI is InChI=1S/C41H30N2/c1-2-40-42-38-15-5-6-16-39(38)43(40)31-10-7-9-26(25-31)27-17-18-29-24-30(20-19-28(29)23-27)32-21-22-37-34-12-4-3-11-33(34)36-14-8-13-35(32)41(36)37/h3-25,40,42H,2H2,1H3. The summed E-state index contributed by atoms with van der Waals surface area (Å²) in [6, 6.07) is 51.5. The molecule has 2 aliphatic rings. The minimum absolute atomic E-state index is 0.253. The SMILES string of the molecule is CCC1Nc2ccccc2N1c1cccc(-c2ccc3cc(-c4ccc5c6c(cccc46)-c4ccccc4-5)ccc3c2)c1. The summed E-state index contributed by atoms with van der Waals surface area (Å²) in [6.07, 6.45) is 1.27. The number of para-hydroxylation sites is 2. The molecule has 1 atom stereocenters. The number of hydrogen-bond donors (Lipinski definition) is 1. The lowest BCUT2D eigenvalue weighted by molar-refractivity contribution is 0.728. The second kappa shape index (κ2) is 9.34. The lowest BCUT2D eigenvalue weighted by atomic mass is 9.92. The van der Waals surface area contributed by atoms with Crippen LogP contribution in [0, 0.1) is 0 Å². The van der Waals surface area contributed by atoms with E-state index in [2.05, 4.69) is 157 Å². The maximum atomic E-state index is 3.69. The Morgan fingerprint density at radius 3 is 2.02 bits per heavy atom. The third kappa shape index (κ3) is 3.66. The normalized spacial score (nSPS) is 14.6. The molecule has 9 rings (SSSR count). The quantitative estimate of drug-likeness (QED) is 0.234. The molecule has 1 heterocycles. The van der Waals surface area contributed by atoms with Crippen LogP contribution >= 0.6 is 0 Å². The first-order valence-corrected chi connectivity index (χ1v) is 15.2. The zero-order chi connectivity index (χ0) is 28.5. The molecule has 1 unspecified atom stereocenters. The second-order valence-corrected chi connectivity index (χ2v) is 11.7. The highest BCUT2D eigenvalue weighted by atomic mass is 15.3. The fourth-order valence-corrected chi connectivity index (χ4v) is 7.31. The minimum atomic E-state index is 0.253. The van der Waals surface area contributed by atoms with Crippen molar-refractivity contribution in [2.24, 2.45) is 0 Å². The maximum absolute atomic E-state index is 3.69. The Hall–Kier alpha value is -5.34. The molecule has 1 N–H and O–H groups in total. The number of fused-ring (bicyclic) bond motifs is 5. The molecule has 7 aromatic rings. The van der Waals surface area contributed by atoms with Gasteiger partial charge in [0.25, 0.3) is 0 Å². The summed E-state index contributed by atoms with van der Waals surface area (Å²) < 4.78 is 0. The van der Waals surface area contributed by atoms with Crippen molar-refractivity contribution in [1.29, 1.82) is 0 Å². The molecular formula is C41H30N2. The van der Waals surface area contributed by atoms with Gasteiger partial charge in [0.1, 0.15) is 6.17 Å². The van der Waals surface area contributed by atoms with Gasteiger partial charge in [-0.1, -0.05) is 110 Å². The number of hydrogen-bond acceptors (Lipinski definition) is 2. The van der Waals surface area contributed by atoms with Crippen LogP contribution in [0.25, 0.3) is 66.1 Å². The lowest BCUT2D eigenvalue weighted by Gasteiger charge is -2.26. The first-order valence-electron chi connectivity index (χ1n) is 15.2. The van der Waals surface area contributed by atoms with E-state index in [0.29, 0.717) is 0 Å². The lowest BCUT2D eigenvalue weighted by Crippen LogP contribution is -2.30. The van der Waals surface area contributed by atoms with Gasteiger partial charge >= 0.3 is 0 Å². The molecule has 0 aromatic heterocycles. The van der Waals surface area contributed by atoms with Gasteiger partial charge in [0, 0.05) is 5.69 Å². The van der Waals surface area contributed by atoms with E-state index in [4.69, 9.17) is 0 Å². The Bertz CT molecular complexity index is 2200. The Kier molecular flexibility index (Phi) is 5.27. The Morgan fingerprint density at radius 1 is 0.535 bits per heavy atom. The molecule has 0 amide bonds. The molecule has 0 bridgehead atoms. The smallest absolute Gasteiger partial charge is 0.104 e. The topological polar surface area (TPSA) is 15.3 Å². The van der Waals surface area contributed by atoms with E-state index in [1.807, 2.05) is 0 Å². The van der Waals surface area contributed by atoms with Crippen molar-refractivity contribution in [3.05, 3.63) is 140 Å². The van der Waals surface area contributed by atoms with E-state index < -0.39 is 0 Å². The Labute approximate surface area is 251 Å². The van der Waals surface area contributed by atoms with Gasteiger partial charge in [-0.25, -0.2) is 0 Å². The van der Waals surface area contributed by atoms with E-state index in [1.165, 1.54) is 83.1 Å². The molecule has 1 aliphatic heterocycles. The second-order valence-electron chi connectivity index (χ2n) is 11.7. The fourth-order valence-electron chi connectivity index (χ4n) is 7.31. The number of rotatable bonds is 4. The zero-order valence-electron chi connectivity index (χ0n) is 24.0. The predicted octanol–water partition coefficient (Wildman–Crippen LogP) is 11.3. The maximum Gasteiger partial charge on any atom is 0.104 e. The zero-order valence-corrected chi connectivity index (χ0v) is 24.0. The molecule has 1 aliphatic carbocycles. The van der Waals surface area contributed by atoms with Gasteiger partial charge in [-0.2, -0.15) is 0 Å². The Morgan fingerprint density at radius 2 is 1.19 bits per heavy atom. The molecule has 204 valence electrons. The molecule has 2 nitrogen and oxygen atoms in total. The highest BCUT2D eigenvalue weighted by Gasteiger charge is 2.28. The van der Waals surface area contributed by atoms with Crippen LogP contribution in [0.1, 0.15) is 13.3 Å². The molecule has 7 aromatic carbocycles.